The Bertz CT molecular complexity index is 1580. The second-order valence-electron chi connectivity index (χ2n) is 10.8. The van der Waals surface area contributed by atoms with Gasteiger partial charge in [0, 0.05) is 23.6 Å². The molecule has 1 aliphatic heterocycles. The maximum absolute atomic E-state index is 10.3. The molecule has 6 nitrogen and oxygen atoms in total. The fraction of sp³-hybridized carbons (Fsp3) is 0.286. The van der Waals surface area contributed by atoms with Gasteiger partial charge in [-0.3, -0.25) is 0 Å². The van der Waals surface area contributed by atoms with Crippen molar-refractivity contribution >= 4 is 22.9 Å². The Labute approximate surface area is 260 Å². The molecule has 1 fully saturated rings. The molecule has 0 amide bonds. The third-order valence-electron chi connectivity index (χ3n) is 7.86. The third-order valence-corrected chi connectivity index (χ3v) is 9.24. The quantitative estimate of drug-likeness (QED) is 0.163. The molecule has 0 saturated carbocycles. The number of aromatic nitrogens is 1. The van der Waals surface area contributed by atoms with Gasteiger partial charge in [-0.1, -0.05) is 91.3 Å². The Morgan fingerprint density at radius 2 is 1.58 bits per heavy atom. The van der Waals surface area contributed by atoms with Gasteiger partial charge in [-0.2, -0.15) is 0 Å². The van der Waals surface area contributed by atoms with Crippen molar-refractivity contribution in [2.75, 3.05) is 6.61 Å². The van der Waals surface area contributed by atoms with E-state index < -0.39 is 18.3 Å². The van der Waals surface area contributed by atoms with Crippen molar-refractivity contribution < 1.29 is 23.7 Å². The summed E-state index contributed by atoms with van der Waals surface area (Å²) in [5.41, 5.74) is 3.99. The molecule has 1 aliphatic rings. The number of furan rings is 1. The summed E-state index contributed by atoms with van der Waals surface area (Å²) < 4.78 is 25.4. The standard InChI is InChI=1S/C35H34ClNO5S/c1-23-30(20-38)42-34(26-14-15-28(36)27(17-26)18-32-37-19-31(43-32)29-13-8-16-39-29)35(41-22-25-11-6-3-7-12-25)33(23)40-21-24-9-4-2-5-10-24/h2-17,19,23,30,33-35,38H,18,20-22H2,1H3/t23-,30-,33+,34+,35-/m1/s1. The molecule has 0 unspecified atom stereocenters. The summed E-state index contributed by atoms with van der Waals surface area (Å²) >= 11 is 8.29. The molecular weight excluding hydrogens is 582 g/mol. The van der Waals surface area contributed by atoms with E-state index in [1.807, 2.05) is 91.1 Å². The highest BCUT2D eigenvalue weighted by molar-refractivity contribution is 7.15. The van der Waals surface area contributed by atoms with Crippen molar-refractivity contribution in [1.29, 1.82) is 0 Å². The summed E-state index contributed by atoms with van der Waals surface area (Å²) in [5, 5.41) is 11.9. The van der Waals surface area contributed by atoms with Gasteiger partial charge in [0.15, 0.2) is 0 Å². The van der Waals surface area contributed by atoms with Crippen LogP contribution in [0.15, 0.2) is 108 Å². The van der Waals surface area contributed by atoms with Crippen molar-refractivity contribution in [1.82, 2.24) is 4.98 Å². The minimum atomic E-state index is -0.483. The number of benzene rings is 3. The van der Waals surface area contributed by atoms with Crippen LogP contribution in [0.3, 0.4) is 0 Å². The van der Waals surface area contributed by atoms with E-state index in [1.54, 1.807) is 17.6 Å². The first-order valence-electron chi connectivity index (χ1n) is 14.4. The van der Waals surface area contributed by atoms with Crippen LogP contribution in [0.5, 0.6) is 0 Å². The summed E-state index contributed by atoms with van der Waals surface area (Å²) in [7, 11) is 0. The molecule has 8 heteroatoms. The first-order chi connectivity index (χ1) is 21.1. The lowest BCUT2D eigenvalue weighted by Crippen LogP contribution is -2.53. The molecule has 5 atom stereocenters. The molecule has 6 rings (SSSR count). The normalized spacial score (nSPS) is 22.1. The lowest BCUT2D eigenvalue weighted by molar-refractivity contribution is -0.240. The molecule has 3 aromatic carbocycles. The van der Waals surface area contributed by atoms with Crippen molar-refractivity contribution in [3.05, 3.63) is 136 Å². The van der Waals surface area contributed by atoms with E-state index in [0.29, 0.717) is 24.7 Å². The number of thiazole rings is 1. The van der Waals surface area contributed by atoms with Crippen LogP contribution < -0.4 is 0 Å². The van der Waals surface area contributed by atoms with Gasteiger partial charge >= 0.3 is 0 Å². The summed E-state index contributed by atoms with van der Waals surface area (Å²) in [6.07, 6.45) is 2.40. The second kappa shape index (κ2) is 14.0. The van der Waals surface area contributed by atoms with Crippen LogP contribution in [-0.2, 0) is 33.8 Å². The minimum absolute atomic E-state index is 0.104. The monoisotopic (exact) mass is 615 g/mol. The van der Waals surface area contributed by atoms with Crippen molar-refractivity contribution in [3.8, 4) is 10.6 Å². The zero-order valence-corrected chi connectivity index (χ0v) is 25.4. The molecular formula is C35H34ClNO5S. The third kappa shape index (κ3) is 7.10. The number of aliphatic hydroxyl groups is 1. The number of ether oxygens (including phenoxy) is 3. The minimum Gasteiger partial charge on any atom is -0.463 e. The maximum Gasteiger partial charge on any atom is 0.145 e. The van der Waals surface area contributed by atoms with E-state index in [9.17, 15) is 5.11 Å². The highest BCUT2D eigenvalue weighted by atomic mass is 35.5. The fourth-order valence-corrected chi connectivity index (χ4v) is 6.60. The summed E-state index contributed by atoms with van der Waals surface area (Å²) in [6, 6.07) is 29.9. The van der Waals surface area contributed by atoms with E-state index in [4.69, 9.17) is 30.2 Å². The molecule has 3 heterocycles. The predicted molar refractivity (Wildman–Crippen MR) is 168 cm³/mol. The maximum atomic E-state index is 10.3. The van der Waals surface area contributed by atoms with Gasteiger partial charge in [0.1, 0.15) is 18.0 Å². The summed E-state index contributed by atoms with van der Waals surface area (Å²) in [5.74, 6) is 0.691. The van der Waals surface area contributed by atoms with Gasteiger partial charge in [-0.05, 0) is 40.5 Å². The van der Waals surface area contributed by atoms with Gasteiger partial charge in [-0.25, -0.2) is 4.98 Å². The number of nitrogens with zero attached hydrogens (tertiary/aromatic N) is 1. The van der Waals surface area contributed by atoms with Gasteiger partial charge in [0.2, 0.25) is 0 Å². The van der Waals surface area contributed by atoms with Gasteiger partial charge in [0.05, 0.1) is 48.2 Å². The predicted octanol–water partition coefficient (Wildman–Crippen LogP) is 7.89. The first kappa shape index (κ1) is 29.8. The molecule has 2 aromatic heterocycles. The zero-order chi connectivity index (χ0) is 29.6. The average molecular weight is 616 g/mol. The molecule has 1 N–H and O–H groups in total. The van der Waals surface area contributed by atoms with Crippen LogP contribution in [0.25, 0.3) is 10.6 Å². The largest absolute Gasteiger partial charge is 0.463 e. The van der Waals surface area contributed by atoms with Crippen molar-refractivity contribution in [3.63, 3.8) is 0 Å². The number of hydrogen-bond acceptors (Lipinski definition) is 7. The molecule has 43 heavy (non-hydrogen) atoms. The molecule has 0 spiro atoms. The van der Waals surface area contributed by atoms with E-state index >= 15 is 0 Å². The Kier molecular flexibility index (Phi) is 9.68. The average Bonchev–Trinajstić information content (AvgIpc) is 3.75. The Morgan fingerprint density at radius 3 is 2.23 bits per heavy atom. The number of aliphatic hydroxyl groups excluding tert-OH is 1. The molecule has 5 aromatic rings. The second-order valence-corrected chi connectivity index (χ2v) is 12.3. The van der Waals surface area contributed by atoms with E-state index in [-0.39, 0.29) is 18.6 Å². The smallest absolute Gasteiger partial charge is 0.145 e. The molecule has 0 aliphatic carbocycles. The molecule has 1 saturated heterocycles. The van der Waals surface area contributed by atoms with Gasteiger partial charge in [0.25, 0.3) is 0 Å². The van der Waals surface area contributed by atoms with Crippen LogP contribution in [0.1, 0.15) is 40.3 Å². The van der Waals surface area contributed by atoms with Crippen LogP contribution >= 0.6 is 22.9 Å². The van der Waals surface area contributed by atoms with Crippen molar-refractivity contribution in [2.24, 2.45) is 5.92 Å². The number of rotatable bonds is 11. The highest BCUT2D eigenvalue weighted by Gasteiger charge is 2.46. The van der Waals surface area contributed by atoms with Crippen LogP contribution in [0.4, 0.5) is 0 Å². The Balaban J connectivity index is 1.30. The number of hydrogen-bond donors (Lipinski definition) is 1. The fourth-order valence-electron chi connectivity index (χ4n) is 5.51. The lowest BCUT2D eigenvalue weighted by atomic mass is 9.85. The van der Waals surface area contributed by atoms with Gasteiger partial charge < -0.3 is 23.7 Å². The summed E-state index contributed by atoms with van der Waals surface area (Å²) in [6.45, 7) is 2.77. The Hall–Kier alpha value is -3.30. The zero-order valence-electron chi connectivity index (χ0n) is 23.8. The molecule has 222 valence electrons. The van der Waals surface area contributed by atoms with Crippen LogP contribution in [0.2, 0.25) is 5.02 Å². The lowest BCUT2D eigenvalue weighted by Gasteiger charge is -2.45. The van der Waals surface area contributed by atoms with E-state index in [2.05, 4.69) is 18.0 Å². The topological polar surface area (TPSA) is 74.0 Å². The van der Waals surface area contributed by atoms with Crippen LogP contribution in [-0.4, -0.2) is 35.0 Å². The first-order valence-corrected chi connectivity index (χ1v) is 15.6. The highest BCUT2D eigenvalue weighted by Crippen LogP contribution is 2.40. The van der Waals surface area contributed by atoms with Crippen LogP contribution in [0, 0.1) is 5.92 Å². The van der Waals surface area contributed by atoms with E-state index in [1.165, 1.54) is 0 Å². The number of halogens is 1. The Morgan fingerprint density at radius 1 is 0.884 bits per heavy atom. The molecule has 0 bridgehead atoms. The molecule has 0 radical (unpaired) electrons. The van der Waals surface area contributed by atoms with E-state index in [0.717, 1.165) is 37.9 Å². The SMILES string of the molecule is C[C@H]1[C@H](OCc2ccccc2)[C@@H](OCc2ccccc2)[C@H](c2ccc(Cl)c(Cc3ncc(-c4ccco4)s3)c2)O[C@@H]1CO. The van der Waals surface area contributed by atoms with Gasteiger partial charge in [-0.15, -0.1) is 11.3 Å². The summed E-state index contributed by atoms with van der Waals surface area (Å²) in [4.78, 5) is 5.59. The van der Waals surface area contributed by atoms with Crippen molar-refractivity contribution in [2.45, 2.75) is 51.0 Å².